The predicted molar refractivity (Wildman–Crippen MR) is 99.4 cm³/mol. The second kappa shape index (κ2) is 6.11. The summed E-state index contributed by atoms with van der Waals surface area (Å²) in [7, 11) is -0.977. The zero-order valence-corrected chi connectivity index (χ0v) is 19.1. The van der Waals surface area contributed by atoms with Gasteiger partial charge in [-0.2, -0.15) is 0 Å². The average Bonchev–Trinajstić information content (AvgIpc) is 3.16. The Kier molecular flexibility index (Phi) is 4.26. The SMILES string of the molecule is C[Si](C)(C)CC1=C[CH]([Hf][CH]2C=Cc3cc4c(cc32)CCC4)C=C1. The molecule has 0 fully saturated rings. The third-order valence-electron chi connectivity index (χ3n) is 5.12. The maximum absolute atomic E-state index is 2.63. The van der Waals surface area contributed by atoms with E-state index in [1.165, 1.54) is 30.9 Å². The van der Waals surface area contributed by atoms with Crippen molar-refractivity contribution in [3.8, 4) is 0 Å². The monoisotopic (exact) mass is 486 g/mol. The molecule has 0 saturated heterocycles. The molecule has 3 aliphatic rings. The van der Waals surface area contributed by atoms with Gasteiger partial charge in [-0.1, -0.05) is 0 Å². The topological polar surface area (TPSA) is 0 Å². The van der Waals surface area contributed by atoms with Crippen molar-refractivity contribution < 1.29 is 22.9 Å². The number of fused-ring (bicyclic) bond motifs is 2. The molecule has 0 heterocycles. The number of aryl methyl sites for hydroxylation is 2. The summed E-state index contributed by atoms with van der Waals surface area (Å²) in [6, 6.07) is 6.42. The zero-order chi connectivity index (χ0) is 16.0. The summed E-state index contributed by atoms with van der Waals surface area (Å²) in [5.74, 6) is 0. The van der Waals surface area contributed by atoms with Crippen molar-refractivity contribution in [1.29, 1.82) is 0 Å². The Bertz CT molecular complexity index is 718. The summed E-state index contributed by atoms with van der Waals surface area (Å²) in [5.41, 5.74) is 8.13. The summed E-state index contributed by atoms with van der Waals surface area (Å²) in [4.78, 5) is 0. The van der Waals surface area contributed by atoms with Crippen molar-refractivity contribution in [2.24, 2.45) is 0 Å². The summed E-state index contributed by atoms with van der Waals surface area (Å²) < 4.78 is 1.64. The quantitative estimate of drug-likeness (QED) is 0.463. The van der Waals surface area contributed by atoms with Gasteiger partial charge in [-0.3, -0.25) is 0 Å². The average molecular weight is 485 g/mol. The third-order valence-corrected chi connectivity index (χ3v) is 12.4. The molecule has 2 atom stereocenters. The van der Waals surface area contributed by atoms with E-state index in [2.05, 4.69) is 62.2 Å². The van der Waals surface area contributed by atoms with Gasteiger partial charge >= 0.3 is 154 Å². The van der Waals surface area contributed by atoms with Gasteiger partial charge in [0.1, 0.15) is 0 Å². The molecule has 23 heavy (non-hydrogen) atoms. The van der Waals surface area contributed by atoms with Crippen LogP contribution in [0.3, 0.4) is 0 Å². The van der Waals surface area contributed by atoms with E-state index < -0.39 is 31.0 Å². The van der Waals surface area contributed by atoms with Crippen LogP contribution in [0, 0.1) is 0 Å². The first-order valence-corrected chi connectivity index (χ1v) is 16.8. The van der Waals surface area contributed by atoms with Gasteiger partial charge in [0, 0.05) is 0 Å². The van der Waals surface area contributed by atoms with Gasteiger partial charge in [0.05, 0.1) is 0 Å². The Morgan fingerprint density at radius 1 is 1.04 bits per heavy atom. The van der Waals surface area contributed by atoms with E-state index in [1.54, 1.807) is 22.3 Å². The van der Waals surface area contributed by atoms with Crippen molar-refractivity contribution in [3.05, 3.63) is 64.3 Å². The van der Waals surface area contributed by atoms with Crippen LogP contribution in [0.2, 0.25) is 29.4 Å². The van der Waals surface area contributed by atoms with Crippen molar-refractivity contribution >= 4 is 14.1 Å². The Labute approximate surface area is 153 Å². The molecule has 2 unspecified atom stereocenters. The fraction of sp³-hybridized carbons (Fsp3) is 0.429. The van der Waals surface area contributed by atoms with Gasteiger partial charge in [0.15, 0.2) is 0 Å². The normalized spacial score (nSPS) is 24.7. The Morgan fingerprint density at radius 2 is 1.83 bits per heavy atom. The van der Waals surface area contributed by atoms with E-state index in [9.17, 15) is 0 Å². The van der Waals surface area contributed by atoms with Crippen LogP contribution < -0.4 is 0 Å². The van der Waals surface area contributed by atoms with Gasteiger partial charge in [0.2, 0.25) is 0 Å². The van der Waals surface area contributed by atoms with Gasteiger partial charge in [-0.25, -0.2) is 0 Å². The zero-order valence-electron chi connectivity index (χ0n) is 14.5. The summed E-state index contributed by atoms with van der Waals surface area (Å²) >= 11 is -0.749. The molecule has 0 spiro atoms. The van der Waals surface area contributed by atoms with Gasteiger partial charge in [0.25, 0.3) is 0 Å². The van der Waals surface area contributed by atoms with Crippen LogP contribution in [0.25, 0.3) is 6.08 Å². The molecule has 1 aromatic carbocycles. The number of benzene rings is 1. The first-order chi connectivity index (χ1) is 11.0. The molecule has 0 aliphatic heterocycles. The fourth-order valence-electron chi connectivity index (χ4n) is 4.14. The van der Waals surface area contributed by atoms with E-state index in [4.69, 9.17) is 0 Å². The number of rotatable bonds is 4. The first kappa shape index (κ1) is 16.0. The van der Waals surface area contributed by atoms with Crippen molar-refractivity contribution in [3.63, 3.8) is 0 Å². The fourth-order valence-corrected chi connectivity index (χ4v) is 11.2. The van der Waals surface area contributed by atoms with Crippen LogP contribution in [0.5, 0.6) is 0 Å². The molecule has 0 radical (unpaired) electrons. The second-order valence-electron chi connectivity index (χ2n) is 8.47. The minimum absolute atomic E-state index is 0.749. The standard InChI is InChI=1S/C12H11.C9H15Si.Hf/c1-3-9-7-11-5-2-6-12(11)8-10(9)4-1;1-10(2,3)8-9-6-4-5-7-9;/h1,3-4,7-8H,2,5-6H2;4-7H,8H2,1-3H3;. The number of hydrogen-bond donors (Lipinski definition) is 0. The summed E-state index contributed by atoms with van der Waals surface area (Å²) in [6.45, 7) is 7.44. The molecule has 2 heteroatoms. The molecular formula is C21H26HfSi. The van der Waals surface area contributed by atoms with Crippen molar-refractivity contribution in [1.82, 2.24) is 0 Å². The van der Waals surface area contributed by atoms with E-state index in [1.807, 2.05) is 0 Å². The van der Waals surface area contributed by atoms with Crippen molar-refractivity contribution in [2.75, 3.05) is 0 Å². The van der Waals surface area contributed by atoms with Gasteiger partial charge in [-0.15, -0.1) is 0 Å². The number of allylic oxidation sites excluding steroid dienone is 5. The van der Waals surface area contributed by atoms with Crippen LogP contribution in [-0.4, -0.2) is 8.07 Å². The van der Waals surface area contributed by atoms with Crippen LogP contribution >= 0.6 is 0 Å². The molecule has 0 N–H and O–H groups in total. The van der Waals surface area contributed by atoms with Gasteiger partial charge in [-0.05, 0) is 0 Å². The molecule has 0 amide bonds. The van der Waals surface area contributed by atoms with E-state index in [0.717, 1.165) is 7.35 Å². The van der Waals surface area contributed by atoms with Crippen LogP contribution in [0.4, 0.5) is 0 Å². The van der Waals surface area contributed by atoms with Crippen molar-refractivity contribution in [2.45, 2.75) is 52.3 Å². The van der Waals surface area contributed by atoms with Crippen LogP contribution in [0.15, 0.2) is 42.0 Å². The summed E-state index contributed by atoms with van der Waals surface area (Å²) in [6.07, 6.45) is 16.5. The molecule has 0 aromatic heterocycles. The van der Waals surface area contributed by atoms with E-state index >= 15 is 0 Å². The summed E-state index contributed by atoms with van der Waals surface area (Å²) in [5, 5.41) is 0. The van der Waals surface area contributed by atoms with Gasteiger partial charge < -0.3 is 0 Å². The molecule has 118 valence electrons. The first-order valence-electron chi connectivity index (χ1n) is 8.97. The second-order valence-corrected chi connectivity index (χ2v) is 19.8. The number of hydrogen-bond acceptors (Lipinski definition) is 0. The maximum atomic E-state index is 2.63. The Hall–Kier alpha value is -0.473. The molecule has 4 rings (SSSR count). The Morgan fingerprint density at radius 3 is 2.61 bits per heavy atom. The van der Waals surface area contributed by atoms with Crippen LogP contribution in [0.1, 0.15) is 32.3 Å². The van der Waals surface area contributed by atoms with E-state index in [-0.39, 0.29) is 0 Å². The minimum atomic E-state index is -0.977. The molecular weight excluding hydrogens is 459 g/mol. The molecule has 0 saturated carbocycles. The predicted octanol–water partition coefficient (Wildman–Crippen LogP) is 5.95. The third kappa shape index (κ3) is 3.49. The Balaban J connectivity index is 1.49. The molecule has 1 aromatic rings. The molecule has 0 bridgehead atoms. The molecule has 3 aliphatic carbocycles. The molecule has 0 nitrogen and oxygen atoms in total. The van der Waals surface area contributed by atoms with Crippen LogP contribution in [-0.2, 0) is 35.7 Å². The van der Waals surface area contributed by atoms with E-state index in [0.29, 0.717) is 0 Å².